The van der Waals surface area contributed by atoms with E-state index in [4.69, 9.17) is 4.74 Å². The highest BCUT2D eigenvalue weighted by Crippen LogP contribution is 2.59. The third kappa shape index (κ3) is 4.31. The fraction of sp³-hybridized carbons (Fsp3) is 0.731. The molecule has 3 saturated heterocycles. The van der Waals surface area contributed by atoms with Crippen molar-refractivity contribution in [1.29, 1.82) is 0 Å². The number of ether oxygens (including phenoxy) is 1. The van der Waals surface area contributed by atoms with E-state index in [1.54, 1.807) is 26.9 Å². The van der Waals surface area contributed by atoms with Gasteiger partial charge >= 0.3 is 0 Å². The number of amides is 3. The molecule has 1 N–H and O–H groups in total. The zero-order valence-corrected chi connectivity index (χ0v) is 21.2. The average Bonchev–Trinajstić information content (AvgIpc) is 3.41. The standard InChI is InChI=1S/C26H41N3O5/c1-7-13-27(14-8-2)22(31)19-18-11-12-26(34-18)20(19)23(32)28(16-10-17-30)21(26)24(33)29(15-9-3)25(4,5)6/h7,9,18-21,30H,1,3,8,10-17H2,2,4-6H3/t18-,19+,20+,21?,26?/m1/s1. The Kier molecular flexibility index (Phi) is 7.92. The quantitative estimate of drug-likeness (QED) is 0.462. The molecule has 34 heavy (non-hydrogen) atoms. The molecule has 0 saturated carbocycles. The maximum atomic E-state index is 14.1. The van der Waals surface area contributed by atoms with Gasteiger partial charge in [0.15, 0.2) is 0 Å². The lowest BCUT2D eigenvalue weighted by Crippen LogP contribution is -2.60. The SMILES string of the molecule is C=CCN(CCC)C(=O)[C@@H]1[C@H]2C(=O)N(CCCO)C(C(=O)N(CC=C)C(C)(C)C)C23CC[C@H]1O3. The number of hydrogen-bond donors (Lipinski definition) is 1. The first-order valence-corrected chi connectivity index (χ1v) is 12.5. The van der Waals surface area contributed by atoms with E-state index in [1.807, 2.05) is 27.7 Å². The number of carbonyl (C=O) groups excluding carboxylic acids is 3. The Hall–Kier alpha value is -2.19. The van der Waals surface area contributed by atoms with Gasteiger partial charge in [-0.2, -0.15) is 0 Å². The fourth-order valence-corrected chi connectivity index (χ4v) is 6.09. The van der Waals surface area contributed by atoms with E-state index in [9.17, 15) is 19.5 Å². The summed E-state index contributed by atoms with van der Waals surface area (Å²) >= 11 is 0. The van der Waals surface area contributed by atoms with Crippen molar-refractivity contribution in [2.75, 3.05) is 32.8 Å². The highest BCUT2D eigenvalue weighted by molar-refractivity contribution is 5.99. The van der Waals surface area contributed by atoms with Gasteiger partial charge in [0.2, 0.25) is 17.7 Å². The predicted octanol–water partition coefficient (Wildman–Crippen LogP) is 1.98. The number of aliphatic hydroxyl groups is 1. The summed E-state index contributed by atoms with van der Waals surface area (Å²) in [7, 11) is 0. The van der Waals surface area contributed by atoms with Crippen LogP contribution < -0.4 is 0 Å². The van der Waals surface area contributed by atoms with Gasteiger partial charge in [0.25, 0.3) is 0 Å². The Labute approximate surface area is 203 Å². The Balaban J connectivity index is 2.04. The van der Waals surface area contributed by atoms with Gasteiger partial charge < -0.3 is 24.5 Å². The minimum absolute atomic E-state index is 0.0898. The highest BCUT2D eigenvalue weighted by atomic mass is 16.5. The largest absolute Gasteiger partial charge is 0.396 e. The first-order chi connectivity index (χ1) is 16.1. The molecule has 8 heteroatoms. The van der Waals surface area contributed by atoms with Crippen LogP contribution in [-0.2, 0) is 19.1 Å². The van der Waals surface area contributed by atoms with E-state index in [0.717, 1.165) is 6.42 Å². The van der Waals surface area contributed by atoms with Crippen LogP contribution in [0.2, 0.25) is 0 Å². The van der Waals surface area contributed by atoms with Crippen molar-refractivity contribution >= 4 is 17.7 Å². The molecule has 2 unspecified atom stereocenters. The maximum Gasteiger partial charge on any atom is 0.249 e. The van der Waals surface area contributed by atoms with Crippen molar-refractivity contribution in [3.8, 4) is 0 Å². The molecule has 3 fully saturated rings. The molecular weight excluding hydrogens is 434 g/mol. The van der Waals surface area contributed by atoms with E-state index in [2.05, 4.69) is 13.2 Å². The smallest absolute Gasteiger partial charge is 0.249 e. The van der Waals surface area contributed by atoms with Gasteiger partial charge in [-0.05, 0) is 46.5 Å². The molecule has 3 heterocycles. The molecule has 0 aliphatic carbocycles. The number of carbonyl (C=O) groups is 3. The number of likely N-dealkylation sites (tertiary alicyclic amines) is 1. The van der Waals surface area contributed by atoms with Crippen molar-refractivity contribution in [2.45, 2.75) is 76.7 Å². The molecule has 0 aromatic heterocycles. The Morgan fingerprint density at radius 2 is 1.91 bits per heavy atom. The van der Waals surface area contributed by atoms with E-state index in [-0.39, 0.29) is 37.0 Å². The second-order valence-electron chi connectivity index (χ2n) is 10.6. The molecular formula is C26H41N3O5. The van der Waals surface area contributed by atoms with Gasteiger partial charge in [0, 0.05) is 38.3 Å². The Morgan fingerprint density at radius 3 is 2.47 bits per heavy atom. The van der Waals surface area contributed by atoms with Crippen molar-refractivity contribution in [3.63, 3.8) is 0 Å². The van der Waals surface area contributed by atoms with E-state index < -0.39 is 29.0 Å². The molecule has 0 radical (unpaired) electrons. The van der Waals surface area contributed by atoms with Crippen molar-refractivity contribution in [3.05, 3.63) is 25.3 Å². The molecule has 3 amide bonds. The Morgan fingerprint density at radius 1 is 1.24 bits per heavy atom. The summed E-state index contributed by atoms with van der Waals surface area (Å²) < 4.78 is 6.51. The molecule has 3 rings (SSSR count). The third-order valence-electron chi connectivity index (χ3n) is 7.42. The van der Waals surface area contributed by atoms with Crippen LogP contribution in [0.5, 0.6) is 0 Å². The van der Waals surface area contributed by atoms with Crippen LogP contribution in [-0.4, -0.2) is 93.6 Å². The molecule has 1 spiro atoms. The molecule has 3 aliphatic heterocycles. The molecule has 2 bridgehead atoms. The van der Waals surface area contributed by atoms with E-state index in [1.165, 1.54) is 0 Å². The second-order valence-corrected chi connectivity index (χ2v) is 10.6. The summed E-state index contributed by atoms with van der Waals surface area (Å²) in [4.78, 5) is 46.7. The zero-order chi connectivity index (χ0) is 25.3. The average molecular weight is 476 g/mol. The predicted molar refractivity (Wildman–Crippen MR) is 130 cm³/mol. The first kappa shape index (κ1) is 26.4. The highest BCUT2D eigenvalue weighted by Gasteiger charge is 2.75. The van der Waals surface area contributed by atoms with Crippen LogP contribution in [0.25, 0.3) is 0 Å². The van der Waals surface area contributed by atoms with Crippen LogP contribution >= 0.6 is 0 Å². The van der Waals surface area contributed by atoms with Gasteiger partial charge in [-0.15, -0.1) is 13.2 Å². The van der Waals surface area contributed by atoms with Crippen LogP contribution in [0, 0.1) is 11.8 Å². The van der Waals surface area contributed by atoms with Crippen molar-refractivity contribution < 1.29 is 24.2 Å². The number of rotatable bonds is 11. The summed E-state index contributed by atoms with van der Waals surface area (Å²) in [6, 6.07) is -0.822. The lowest BCUT2D eigenvalue weighted by molar-refractivity contribution is -0.152. The Bertz CT molecular complexity index is 822. The van der Waals surface area contributed by atoms with Gasteiger partial charge in [-0.1, -0.05) is 19.1 Å². The van der Waals surface area contributed by atoms with E-state index in [0.29, 0.717) is 38.9 Å². The number of fused-ring (bicyclic) bond motifs is 1. The lowest BCUT2D eigenvalue weighted by atomic mass is 9.70. The normalized spacial score (nSPS) is 29.8. The van der Waals surface area contributed by atoms with Crippen LogP contribution in [0.4, 0.5) is 0 Å². The topological polar surface area (TPSA) is 90.4 Å². The maximum absolute atomic E-state index is 14.1. The van der Waals surface area contributed by atoms with Crippen LogP contribution in [0.15, 0.2) is 25.3 Å². The van der Waals surface area contributed by atoms with Crippen LogP contribution in [0.3, 0.4) is 0 Å². The molecule has 190 valence electrons. The monoisotopic (exact) mass is 475 g/mol. The zero-order valence-electron chi connectivity index (χ0n) is 21.2. The third-order valence-corrected chi connectivity index (χ3v) is 7.42. The summed E-state index contributed by atoms with van der Waals surface area (Å²) in [6.45, 7) is 17.0. The summed E-state index contributed by atoms with van der Waals surface area (Å²) in [5, 5.41) is 9.48. The molecule has 5 atom stereocenters. The first-order valence-electron chi connectivity index (χ1n) is 12.5. The van der Waals surface area contributed by atoms with Gasteiger partial charge in [-0.25, -0.2) is 0 Å². The fourth-order valence-electron chi connectivity index (χ4n) is 6.09. The lowest BCUT2D eigenvalue weighted by Gasteiger charge is -2.42. The summed E-state index contributed by atoms with van der Waals surface area (Å²) in [5.74, 6) is -1.80. The van der Waals surface area contributed by atoms with Crippen molar-refractivity contribution in [1.82, 2.24) is 14.7 Å². The van der Waals surface area contributed by atoms with Gasteiger partial charge in [0.1, 0.15) is 11.6 Å². The molecule has 8 nitrogen and oxygen atoms in total. The van der Waals surface area contributed by atoms with E-state index >= 15 is 0 Å². The minimum atomic E-state index is -1.02. The van der Waals surface area contributed by atoms with Crippen molar-refractivity contribution in [2.24, 2.45) is 11.8 Å². The number of nitrogens with zero attached hydrogens (tertiary/aromatic N) is 3. The number of hydrogen-bond acceptors (Lipinski definition) is 5. The summed E-state index contributed by atoms with van der Waals surface area (Å²) in [6.07, 6.45) is 5.37. The molecule has 3 aliphatic rings. The minimum Gasteiger partial charge on any atom is -0.396 e. The summed E-state index contributed by atoms with van der Waals surface area (Å²) in [5.41, 5.74) is -1.51. The van der Waals surface area contributed by atoms with Gasteiger partial charge in [0.05, 0.1) is 17.9 Å². The molecule has 0 aromatic carbocycles. The van der Waals surface area contributed by atoms with Gasteiger partial charge in [-0.3, -0.25) is 14.4 Å². The van der Waals surface area contributed by atoms with Crippen LogP contribution in [0.1, 0.15) is 53.4 Å². The number of aliphatic hydroxyl groups excluding tert-OH is 1. The molecule has 0 aromatic rings. The second kappa shape index (κ2) is 10.2.